The molecular weight excluding hydrogens is 444 g/mol. The van der Waals surface area contributed by atoms with Crippen LogP contribution in [0.5, 0.6) is 28.7 Å². The molecule has 2 N–H and O–H groups in total. The van der Waals surface area contributed by atoms with Crippen molar-refractivity contribution in [2.75, 3.05) is 7.11 Å². The summed E-state index contributed by atoms with van der Waals surface area (Å²) in [5, 5.41) is 20.6. The zero-order valence-electron chi connectivity index (χ0n) is 19.2. The first-order chi connectivity index (χ1) is 16.9. The molecule has 0 unspecified atom stereocenters. The summed E-state index contributed by atoms with van der Waals surface area (Å²) in [4.78, 5) is 26.1. The third kappa shape index (κ3) is 4.55. The number of carbonyl (C=O) groups is 2. The van der Waals surface area contributed by atoms with Gasteiger partial charge < -0.3 is 19.7 Å². The lowest BCUT2D eigenvalue weighted by Crippen LogP contribution is -2.15. The summed E-state index contributed by atoms with van der Waals surface area (Å²) in [5.41, 5.74) is 3.79. The minimum Gasteiger partial charge on any atom is -0.508 e. The Balaban J connectivity index is 1.63. The van der Waals surface area contributed by atoms with E-state index in [2.05, 4.69) is 0 Å². The monoisotopic (exact) mass is 468 g/mol. The maximum Gasteiger partial charge on any atom is 0.187 e. The third-order valence-corrected chi connectivity index (χ3v) is 6.36. The summed E-state index contributed by atoms with van der Waals surface area (Å²) in [6.45, 7) is 0. The van der Waals surface area contributed by atoms with Crippen LogP contribution in [0.1, 0.15) is 28.7 Å². The maximum absolute atomic E-state index is 13.2. The van der Waals surface area contributed by atoms with Crippen molar-refractivity contribution in [2.45, 2.75) is 25.7 Å². The van der Waals surface area contributed by atoms with Crippen molar-refractivity contribution in [2.24, 2.45) is 0 Å². The molecule has 0 radical (unpaired) electrons. The molecule has 3 aromatic rings. The summed E-state index contributed by atoms with van der Waals surface area (Å²) >= 11 is 0. The quantitative estimate of drug-likeness (QED) is 0.483. The first-order valence-corrected chi connectivity index (χ1v) is 11.4. The second kappa shape index (κ2) is 9.14. The van der Waals surface area contributed by atoms with Crippen molar-refractivity contribution in [3.63, 3.8) is 0 Å². The highest BCUT2D eigenvalue weighted by Gasteiger charge is 2.26. The highest BCUT2D eigenvalue weighted by Crippen LogP contribution is 2.38. The number of methoxy groups -OCH3 is 1. The Hall–Kier alpha value is -4.32. The Morgan fingerprint density at radius 3 is 2.31 bits per heavy atom. The van der Waals surface area contributed by atoms with Gasteiger partial charge in [0.05, 0.1) is 7.11 Å². The van der Waals surface area contributed by atoms with Crippen molar-refractivity contribution in [3.05, 3.63) is 94.6 Å². The summed E-state index contributed by atoms with van der Waals surface area (Å²) in [5.74, 6) is 0.827. The number of ether oxygens (including phenoxy) is 2. The van der Waals surface area contributed by atoms with Gasteiger partial charge in [0.25, 0.3) is 0 Å². The van der Waals surface area contributed by atoms with Crippen LogP contribution < -0.4 is 9.47 Å². The molecule has 1 aliphatic carbocycles. The fourth-order valence-electron chi connectivity index (χ4n) is 4.52. The Bertz CT molecular complexity index is 1400. The summed E-state index contributed by atoms with van der Waals surface area (Å²) < 4.78 is 11.4. The standard InChI is InChI=1S/C29H24O6/c1-34-28-15-21(30)13-20-8-3-18-6-11-24(31)27(12-18)35-22-9-4-17(5-10-22)2-7-19-14-26(33)23(29(20)28)16-25(19)32/h4-6,9-16,30-31H,2-3,7-8H2,1H3. The van der Waals surface area contributed by atoms with Crippen molar-refractivity contribution >= 4 is 17.1 Å². The molecule has 0 amide bonds. The van der Waals surface area contributed by atoms with Gasteiger partial charge in [0.2, 0.25) is 0 Å². The topological polar surface area (TPSA) is 93.1 Å². The highest BCUT2D eigenvalue weighted by molar-refractivity contribution is 6.35. The Labute approximate surface area is 202 Å². The molecule has 6 heteroatoms. The van der Waals surface area contributed by atoms with Gasteiger partial charge in [-0.25, -0.2) is 0 Å². The van der Waals surface area contributed by atoms with Gasteiger partial charge in [-0.2, -0.15) is 0 Å². The summed E-state index contributed by atoms with van der Waals surface area (Å²) in [6, 6.07) is 15.6. The Morgan fingerprint density at radius 2 is 1.54 bits per heavy atom. The van der Waals surface area contributed by atoms with Gasteiger partial charge >= 0.3 is 0 Å². The average molecular weight is 469 g/mol. The van der Waals surface area contributed by atoms with Crippen LogP contribution in [0, 0.1) is 0 Å². The van der Waals surface area contributed by atoms with Crippen molar-refractivity contribution < 1.29 is 29.3 Å². The number of aryl methyl sites for hydroxylation is 3. The highest BCUT2D eigenvalue weighted by atomic mass is 16.5. The van der Waals surface area contributed by atoms with E-state index in [0.29, 0.717) is 59.6 Å². The van der Waals surface area contributed by atoms with Crippen molar-refractivity contribution in [3.8, 4) is 28.7 Å². The van der Waals surface area contributed by atoms with Crippen LogP contribution in [-0.2, 0) is 28.9 Å². The molecule has 0 fully saturated rings. The van der Waals surface area contributed by atoms with Gasteiger partial charge in [0.1, 0.15) is 17.2 Å². The van der Waals surface area contributed by atoms with E-state index in [-0.39, 0.29) is 28.6 Å². The lowest BCUT2D eigenvalue weighted by atomic mass is 9.86. The SMILES string of the molecule is COc1cc(O)cc2c1C1=CC(=O)C(=CC1=O)CCc1ccc(cc1)Oc1cc(ccc1O)CC2. The fraction of sp³-hybridized carbons (Fsp3) is 0.172. The van der Waals surface area contributed by atoms with Crippen LogP contribution in [0.15, 0.2) is 72.3 Å². The van der Waals surface area contributed by atoms with Gasteiger partial charge in [-0.1, -0.05) is 18.2 Å². The lowest BCUT2D eigenvalue weighted by Gasteiger charge is -2.19. The Kier molecular flexibility index (Phi) is 5.87. The second-order valence-corrected chi connectivity index (χ2v) is 8.69. The van der Waals surface area contributed by atoms with Crippen LogP contribution in [0.4, 0.5) is 0 Å². The maximum atomic E-state index is 13.2. The van der Waals surface area contributed by atoms with Crippen molar-refractivity contribution in [1.82, 2.24) is 0 Å². The number of fused-ring (bicyclic) bond motifs is 2. The number of carbonyl (C=O) groups excluding carboxylic acids is 2. The molecule has 0 aromatic heterocycles. The number of allylic oxidation sites excluding steroid dienone is 4. The van der Waals surface area contributed by atoms with E-state index in [1.54, 1.807) is 24.3 Å². The first kappa shape index (κ1) is 22.5. The largest absolute Gasteiger partial charge is 0.508 e. The molecule has 176 valence electrons. The summed E-state index contributed by atoms with van der Waals surface area (Å²) in [6.07, 6.45) is 4.80. The third-order valence-electron chi connectivity index (χ3n) is 6.36. The molecule has 0 spiro atoms. The van der Waals surface area contributed by atoms with Gasteiger partial charge in [-0.05, 0) is 84.9 Å². The van der Waals surface area contributed by atoms with Gasteiger partial charge in [-0.15, -0.1) is 0 Å². The van der Waals surface area contributed by atoms with Crippen LogP contribution in [0.2, 0.25) is 0 Å². The number of rotatable bonds is 1. The van der Waals surface area contributed by atoms with E-state index in [4.69, 9.17) is 9.47 Å². The van der Waals surface area contributed by atoms with Crippen molar-refractivity contribution in [1.29, 1.82) is 0 Å². The lowest BCUT2D eigenvalue weighted by molar-refractivity contribution is -0.114. The fourth-order valence-corrected chi connectivity index (χ4v) is 4.52. The molecule has 0 saturated carbocycles. The molecule has 35 heavy (non-hydrogen) atoms. The minimum atomic E-state index is -0.262. The zero-order valence-corrected chi connectivity index (χ0v) is 19.2. The summed E-state index contributed by atoms with van der Waals surface area (Å²) in [7, 11) is 1.46. The molecule has 3 heterocycles. The predicted molar refractivity (Wildman–Crippen MR) is 131 cm³/mol. The second-order valence-electron chi connectivity index (χ2n) is 8.69. The number of benzene rings is 3. The number of hydrogen-bond donors (Lipinski definition) is 2. The normalized spacial score (nSPS) is 15.5. The molecule has 7 rings (SSSR count). The molecule has 3 aromatic carbocycles. The number of phenols is 2. The number of aromatic hydroxyl groups is 2. The minimum absolute atomic E-state index is 0.00640. The Morgan fingerprint density at radius 1 is 0.800 bits per heavy atom. The molecule has 0 saturated heterocycles. The molecule has 6 nitrogen and oxygen atoms in total. The van der Waals surface area contributed by atoms with Crippen LogP contribution in [-0.4, -0.2) is 28.9 Å². The molecule has 6 bridgehead atoms. The van der Waals surface area contributed by atoms with E-state index in [1.165, 1.54) is 25.3 Å². The van der Waals surface area contributed by atoms with Crippen LogP contribution in [0.25, 0.3) is 5.57 Å². The zero-order chi connectivity index (χ0) is 24.5. The van der Waals surface area contributed by atoms with E-state index < -0.39 is 0 Å². The van der Waals surface area contributed by atoms with E-state index >= 15 is 0 Å². The number of hydrogen-bond acceptors (Lipinski definition) is 6. The molecule has 0 atom stereocenters. The van der Waals surface area contributed by atoms with Crippen LogP contribution >= 0.6 is 0 Å². The number of phenolic OH excluding ortho intramolecular Hbond substituents is 2. The first-order valence-electron chi connectivity index (χ1n) is 11.4. The van der Waals surface area contributed by atoms with Crippen LogP contribution in [0.3, 0.4) is 0 Å². The van der Waals surface area contributed by atoms with Gasteiger partial charge in [-0.3, -0.25) is 9.59 Å². The number of ketones is 2. The smallest absolute Gasteiger partial charge is 0.187 e. The van der Waals surface area contributed by atoms with Gasteiger partial charge in [0, 0.05) is 22.8 Å². The average Bonchev–Trinajstić information content (AvgIpc) is 2.85. The molecule has 4 aliphatic rings. The molecule has 3 aliphatic heterocycles. The van der Waals surface area contributed by atoms with Gasteiger partial charge in [0.15, 0.2) is 23.1 Å². The van der Waals surface area contributed by atoms with E-state index in [0.717, 1.165) is 11.1 Å². The molecular formula is C29H24O6. The predicted octanol–water partition coefficient (Wildman–Crippen LogP) is 5.09. The van der Waals surface area contributed by atoms with E-state index in [1.807, 2.05) is 24.3 Å². The van der Waals surface area contributed by atoms with E-state index in [9.17, 15) is 19.8 Å².